The van der Waals surface area contributed by atoms with Gasteiger partial charge in [-0.15, -0.1) is 0 Å². The minimum Gasteiger partial charge on any atom is -0.481 e. The summed E-state index contributed by atoms with van der Waals surface area (Å²) in [5, 5.41) is 8.96. The summed E-state index contributed by atoms with van der Waals surface area (Å²) in [6, 6.07) is 9.47. The lowest BCUT2D eigenvalue weighted by Gasteiger charge is -2.43. The molecule has 5 heteroatoms. The van der Waals surface area contributed by atoms with Gasteiger partial charge in [-0.05, 0) is 19.1 Å². The summed E-state index contributed by atoms with van der Waals surface area (Å²) in [6.07, 6.45) is 0. The number of hydrogen-bond donors (Lipinski definition) is 1. The van der Waals surface area contributed by atoms with Crippen LogP contribution in [0, 0.1) is 11.8 Å². The molecule has 2 rings (SSSR count). The van der Waals surface area contributed by atoms with Crippen LogP contribution >= 0.6 is 0 Å². The monoisotopic (exact) mass is 276 g/mol. The third-order valence-electron chi connectivity index (χ3n) is 3.89. The van der Waals surface area contributed by atoms with Gasteiger partial charge in [-0.1, -0.05) is 25.1 Å². The van der Waals surface area contributed by atoms with Crippen LogP contribution in [0.3, 0.4) is 0 Å². The molecule has 1 N–H and O–H groups in total. The van der Waals surface area contributed by atoms with Crippen LogP contribution in [0.2, 0.25) is 0 Å². The van der Waals surface area contributed by atoms with Gasteiger partial charge in [0.15, 0.2) is 0 Å². The second-order valence-corrected chi connectivity index (χ2v) is 5.15. The van der Waals surface area contributed by atoms with Gasteiger partial charge >= 0.3 is 12.0 Å². The van der Waals surface area contributed by atoms with Crippen molar-refractivity contribution in [3.05, 3.63) is 30.3 Å². The van der Waals surface area contributed by atoms with E-state index in [1.807, 2.05) is 37.3 Å². The Hall–Kier alpha value is -2.04. The van der Waals surface area contributed by atoms with Gasteiger partial charge in [0.2, 0.25) is 0 Å². The standard InChI is InChI=1S/C15H20N2O3/c1-3-17(13-7-5-4-6-8-13)15(20)16-9-12(10-16)11(2)14(18)19/h4-8,11-12H,3,9-10H2,1-2H3,(H,18,19). The lowest BCUT2D eigenvalue weighted by molar-refractivity contribution is -0.144. The second-order valence-electron chi connectivity index (χ2n) is 5.15. The SMILES string of the molecule is CCN(C(=O)N1CC(C(C)C(=O)O)C1)c1ccccc1. The molecule has 0 saturated carbocycles. The van der Waals surface area contributed by atoms with Crippen molar-refractivity contribution in [2.75, 3.05) is 24.5 Å². The summed E-state index contributed by atoms with van der Waals surface area (Å²) in [6.45, 7) is 5.27. The van der Waals surface area contributed by atoms with E-state index < -0.39 is 11.9 Å². The van der Waals surface area contributed by atoms with Crippen molar-refractivity contribution >= 4 is 17.7 Å². The Morgan fingerprint density at radius 3 is 2.45 bits per heavy atom. The van der Waals surface area contributed by atoms with E-state index in [2.05, 4.69) is 0 Å². The minimum absolute atomic E-state index is 0.0486. The van der Waals surface area contributed by atoms with Crippen molar-refractivity contribution < 1.29 is 14.7 Å². The van der Waals surface area contributed by atoms with Crippen LogP contribution in [-0.2, 0) is 4.79 Å². The Morgan fingerprint density at radius 2 is 1.95 bits per heavy atom. The zero-order chi connectivity index (χ0) is 14.7. The summed E-state index contributed by atoms with van der Waals surface area (Å²) in [5.74, 6) is -1.13. The molecule has 1 aliphatic heterocycles. The van der Waals surface area contributed by atoms with Gasteiger partial charge in [0.1, 0.15) is 0 Å². The first-order valence-electron chi connectivity index (χ1n) is 6.89. The van der Waals surface area contributed by atoms with E-state index in [0.717, 1.165) is 5.69 Å². The fraction of sp³-hybridized carbons (Fsp3) is 0.467. The third kappa shape index (κ3) is 2.76. The van der Waals surface area contributed by atoms with E-state index in [9.17, 15) is 9.59 Å². The Bertz CT molecular complexity index is 483. The van der Waals surface area contributed by atoms with Crippen LogP contribution in [0.15, 0.2) is 30.3 Å². The molecule has 0 spiro atoms. The molecule has 0 radical (unpaired) electrons. The lowest BCUT2D eigenvalue weighted by Crippen LogP contribution is -2.57. The average Bonchev–Trinajstić information content (AvgIpc) is 2.39. The predicted octanol–water partition coefficient (Wildman–Crippen LogP) is 2.29. The summed E-state index contributed by atoms with van der Waals surface area (Å²) >= 11 is 0. The van der Waals surface area contributed by atoms with Crippen LogP contribution in [0.5, 0.6) is 0 Å². The zero-order valence-corrected chi connectivity index (χ0v) is 11.8. The maximum Gasteiger partial charge on any atom is 0.324 e. The number of nitrogens with zero attached hydrogens (tertiary/aromatic N) is 2. The molecular weight excluding hydrogens is 256 g/mol. The first-order valence-corrected chi connectivity index (χ1v) is 6.89. The topological polar surface area (TPSA) is 60.9 Å². The molecule has 1 fully saturated rings. The molecule has 1 atom stereocenters. The molecule has 1 aromatic rings. The van der Waals surface area contributed by atoms with Crippen LogP contribution in [0.25, 0.3) is 0 Å². The van der Waals surface area contributed by atoms with Crippen molar-refractivity contribution in [1.82, 2.24) is 4.90 Å². The number of benzene rings is 1. The maximum atomic E-state index is 12.4. The number of carboxylic acids is 1. The number of anilines is 1. The molecule has 5 nitrogen and oxygen atoms in total. The van der Waals surface area contributed by atoms with Gasteiger partial charge in [0, 0.05) is 31.2 Å². The van der Waals surface area contributed by atoms with Gasteiger partial charge < -0.3 is 10.0 Å². The van der Waals surface area contributed by atoms with Gasteiger partial charge in [-0.3, -0.25) is 9.69 Å². The third-order valence-corrected chi connectivity index (χ3v) is 3.89. The van der Waals surface area contributed by atoms with E-state index >= 15 is 0 Å². The number of carbonyl (C=O) groups excluding carboxylic acids is 1. The molecule has 20 heavy (non-hydrogen) atoms. The molecule has 1 aromatic carbocycles. The minimum atomic E-state index is -0.794. The normalized spacial score (nSPS) is 16.4. The number of rotatable bonds is 4. The Balaban J connectivity index is 1.97. The molecule has 0 bridgehead atoms. The number of aliphatic carboxylic acids is 1. The number of amides is 2. The lowest BCUT2D eigenvalue weighted by atomic mass is 9.87. The number of hydrogen-bond acceptors (Lipinski definition) is 2. The van der Waals surface area contributed by atoms with Crippen LogP contribution in [-0.4, -0.2) is 41.6 Å². The van der Waals surface area contributed by atoms with E-state index in [0.29, 0.717) is 19.6 Å². The van der Waals surface area contributed by atoms with Gasteiger partial charge in [-0.2, -0.15) is 0 Å². The quantitative estimate of drug-likeness (QED) is 0.917. The van der Waals surface area contributed by atoms with Gasteiger partial charge in [-0.25, -0.2) is 4.79 Å². The molecule has 1 heterocycles. The van der Waals surface area contributed by atoms with Crippen molar-refractivity contribution in [2.45, 2.75) is 13.8 Å². The van der Waals surface area contributed by atoms with Crippen LogP contribution in [0.1, 0.15) is 13.8 Å². The first kappa shape index (κ1) is 14.4. The van der Waals surface area contributed by atoms with Crippen LogP contribution in [0.4, 0.5) is 10.5 Å². The highest BCUT2D eigenvalue weighted by Gasteiger charge is 2.38. The Kier molecular flexibility index (Phi) is 4.27. The largest absolute Gasteiger partial charge is 0.481 e. The highest BCUT2D eigenvalue weighted by atomic mass is 16.4. The van der Waals surface area contributed by atoms with Crippen molar-refractivity contribution in [3.8, 4) is 0 Å². The number of urea groups is 1. The second kappa shape index (κ2) is 5.94. The molecule has 108 valence electrons. The molecule has 1 aliphatic rings. The smallest absolute Gasteiger partial charge is 0.324 e. The number of para-hydroxylation sites is 1. The highest BCUT2D eigenvalue weighted by Crippen LogP contribution is 2.26. The zero-order valence-electron chi connectivity index (χ0n) is 11.8. The van der Waals surface area contributed by atoms with E-state index in [1.165, 1.54) is 0 Å². The number of likely N-dealkylation sites (tertiary alicyclic amines) is 1. The van der Waals surface area contributed by atoms with Gasteiger partial charge in [0.05, 0.1) is 5.92 Å². The fourth-order valence-electron chi connectivity index (χ4n) is 2.39. The number of carboxylic acid groups (broad SMARTS) is 1. The molecule has 0 aliphatic carbocycles. The van der Waals surface area contributed by atoms with Gasteiger partial charge in [0.25, 0.3) is 0 Å². The van der Waals surface area contributed by atoms with Crippen LogP contribution < -0.4 is 4.90 Å². The number of carbonyl (C=O) groups is 2. The van der Waals surface area contributed by atoms with E-state index in [4.69, 9.17) is 5.11 Å². The Labute approximate surface area is 118 Å². The molecule has 0 aromatic heterocycles. The van der Waals surface area contributed by atoms with Crippen molar-refractivity contribution in [3.63, 3.8) is 0 Å². The van der Waals surface area contributed by atoms with E-state index in [1.54, 1.807) is 16.7 Å². The maximum absolute atomic E-state index is 12.4. The fourth-order valence-corrected chi connectivity index (χ4v) is 2.39. The summed E-state index contributed by atoms with van der Waals surface area (Å²) in [7, 11) is 0. The molecular formula is C15H20N2O3. The van der Waals surface area contributed by atoms with Crippen molar-refractivity contribution in [1.29, 1.82) is 0 Å². The Morgan fingerprint density at radius 1 is 1.35 bits per heavy atom. The summed E-state index contributed by atoms with van der Waals surface area (Å²) < 4.78 is 0. The average molecular weight is 276 g/mol. The van der Waals surface area contributed by atoms with E-state index in [-0.39, 0.29) is 11.9 Å². The molecule has 2 amide bonds. The molecule has 1 unspecified atom stereocenters. The summed E-state index contributed by atoms with van der Waals surface area (Å²) in [4.78, 5) is 26.7. The highest BCUT2D eigenvalue weighted by molar-refractivity contribution is 5.92. The molecule has 1 saturated heterocycles. The van der Waals surface area contributed by atoms with Crippen molar-refractivity contribution in [2.24, 2.45) is 11.8 Å². The summed E-state index contributed by atoms with van der Waals surface area (Å²) in [5.41, 5.74) is 0.870. The first-order chi connectivity index (χ1) is 9.54. The predicted molar refractivity (Wildman–Crippen MR) is 76.7 cm³/mol.